The summed E-state index contributed by atoms with van der Waals surface area (Å²) >= 11 is 0. The normalized spacial score (nSPS) is 17.6. The van der Waals surface area contributed by atoms with Crippen LogP contribution in [-0.4, -0.2) is 12.3 Å². The molecule has 0 rings (SSSR count). The molecule has 2 N–H and O–H groups in total. The Balaban J connectivity index is 4.19. The molecule has 0 saturated heterocycles. The Morgan fingerprint density at radius 1 is 1.00 bits per heavy atom. The highest BCUT2D eigenvalue weighted by atomic mass is 16.5. The van der Waals surface area contributed by atoms with Crippen molar-refractivity contribution in [3.8, 4) is 0 Å². The van der Waals surface area contributed by atoms with Crippen molar-refractivity contribution in [3.05, 3.63) is 0 Å². The largest absolute Gasteiger partial charge is 0.361 e. The van der Waals surface area contributed by atoms with Crippen LogP contribution in [0, 0.1) is 16.7 Å². The van der Waals surface area contributed by atoms with Gasteiger partial charge in [-0.15, -0.1) is 0 Å². The van der Waals surface area contributed by atoms with Crippen LogP contribution in [0.25, 0.3) is 0 Å². The van der Waals surface area contributed by atoms with Crippen LogP contribution in [0.2, 0.25) is 0 Å². The Bertz CT molecular complexity index is 211. The molecule has 1 unspecified atom stereocenters. The molecule has 16 heavy (non-hydrogen) atoms. The lowest BCUT2D eigenvalue weighted by Gasteiger charge is -2.40. The summed E-state index contributed by atoms with van der Waals surface area (Å²) < 4.78 is 5.80. The maximum atomic E-state index is 6.08. The van der Waals surface area contributed by atoms with Crippen LogP contribution in [0.15, 0.2) is 0 Å². The molecule has 0 fully saturated rings. The topological polar surface area (TPSA) is 35.2 Å². The number of rotatable bonds is 5. The fourth-order valence-electron chi connectivity index (χ4n) is 1.07. The van der Waals surface area contributed by atoms with Crippen molar-refractivity contribution in [2.24, 2.45) is 22.5 Å². The van der Waals surface area contributed by atoms with Crippen molar-refractivity contribution < 1.29 is 4.74 Å². The first-order valence-corrected chi connectivity index (χ1v) is 6.33. The number of nitrogens with two attached hydrogens (primary N) is 1. The van der Waals surface area contributed by atoms with E-state index in [2.05, 4.69) is 48.5 Å². The van der Waals surface area contributed by atoms with E-state index in [4.69, 9.17) is 10.5 Å². The first-order chi connectivity index (χ1) is 6.90. The highest BCUT2D eigenvalue weighted by Crippen LogP contribution is 2.40. The predicted octanol–water partition coefficient (Wildman–Crippen LogP) is 3.80. The van der Waals surface area contributed by atoms with Gasteiger partial charge >= 0.3 is 0 Å². The maximum absolute atomic E-state index is 6.08. The summed E-state index contributed by atoms with van der Waals surface area (Å²) in [7, 11) is 0. The van der Waals surface area contributed by atoms with E-state index in [0.717, 1.165) is 13.0 Å². The molecule has 98 valence electrons. The summed E-state index contributed by atoms with van der Waals surface area (Å²) in [5, 5.41) is 0. The summed E-state index contributed by atoms with van der Waals surface area (Å²) in [4.78, 5) is 0. The van der Waals surface area contributed by atoms with Crippen LogP contribution in [-0.2, 0) is 4.74 Å². The summed E-state index contributed by atoms with van der Waals surface area (Å²) in [6.07, 6.45) is 1.04. The van der Waals surface area contributed by atoms with Gasteiger partial charge in [0.2, 0.25) is 0 Å². The minimum atomic E-state index is -0.506. The molecule has 0 aromatic rings. The number of ether oxygens (including phenoxy) is 1. The fraction of sp³-hybridized carbons (Fsp3) is 1.00. The zero-order valence-corrected chi connectivity index (χ0v) is 12.5. The summed E-state index contributed by atoms with van der Waals surface area (Å²) in [6, 6.07) is 0. The molecule has 0 heterocycles. The van der Waals surface area contributed by atoms with Gasteiger partial charge in [-0.25, -0.2) is 0 Å². The molecular formula is C14H31NO. The van der Waals surface area contributed by atoms with Gasteiger partial charge in [0.25, 0.3) is 0 Å². The third-order valence-electron chi connectivity index (χ3n) is 4.32. The molecule has 0 spiro atoms. The third kappa shape index (κ3) is 4.42. The van der Waals surface area contributed by atoms with Gasteiger partial charge in [0.05, 0.1) is 0 Å². The molecule has 0 amide bonds. The van der Waals surface area contributed by atoms with E-state index in [1.165, 1.54) is 0 Å². The fourth-order valence-corrected chi connectivity index (χ4v) is 1.07. The van der Waals surface area contributed by atoms with Gasteiger partial charge in [0.15, 0.2) is 0 Å². The molecule has 0 aromatic carbocycles. The van der Waals surface area contributed by atoms with Gasteiger partial charge in [0.1, 0.15) is 5.72 Å². The molecule has 0 aliphatic carbocycles. The SMILES string of the molecule is CC(C)C(C)(N)OCCC(C)(C)C(C)(C)C. The Morgan fingerprint density at radius 2 is 1.44 bits per heavy atom. The minimum Gasteiger partial charge on any atom is -0.361 e. The predicted molar refractivity (Wildman–Crippen MR) is 71.2 cm³/mol. The van der Waals surface area contributed by atoms with Gasteiger partial charge in [0, 0.05) is 6.61 Å². The van der Waals surface area contributed by atoms with E-state index in [-0.39, 0.29) is 5.41 Å². The summed E-state index contributed by atoms with van der Waals surface area (Å²) in [5.41, 5.74) is 6.12. The van der Waals surface area contributed by atoms with Crippen molar-refractivity contribution in [2.75, 3.05) is 6.61 Å². The molecule has 0 radical (unpaired) electrons. The van der Waals surface area contributed by atoms with Crippen LogP contribution in [0.3, 0.4) is 0 Å². The molecule has 0 aliphatic heterocycles. The second-order valence-corrected chi connectivity index (χ2v) is 7.07. The first kappa shape index (κ1) is 15.9. The third-order valence-corrected chi connectivity index (χ3v) is 4.32. The van der Waals surface area contributed by atoms with E-state index in [1.807, 2.05) is 6.92 Å². The van der Waals surface area contributed by atoms with Gasteiger partial charge in [-0.1, -0.05) is 48.5 Å². The molecule has 0 saturated carbocycles. The molecule has 0 bridgehead atoms. The monoisotopic (exact) mass is 229 g/mol. The smallest absolute Gasteiger partial charge is 0.116 e. The van der Waals surface area contributed by atoms with E-state index in [1.54, 1.807) is 0 Å². The van der Waals surface area contributed by atoms with E-state index in [0.29, 0.717) is 11.3 Å². The lowest BCUT2D eigenvalue weighted by atomic mass is 9.67. The Kier molecular flexibility index (Phi) is 5.03. The van der Waals surface area contributed by atoms with Crippen LogP contribution < -0.4 is 5.73 Å². The molecule has 2 nitrogen and oxygen atoms in total. The highest BCUT2D eigenvalue weighted by Gasteiger charge is 2.33. The quantitative estimate of drug-likeness (QED) is 0.728. The van der Waals surface area contributed by atoms with Crippen molar-refractivity contribution in [1.29, 1.82) is 0 Å². The van der Waals surface area contributed by atoms with Crippen molar-refractivity contribution >= 4 is 0 Å². The first-order valence-electron chi connectivity index (χ1n) is 6.33. The lowest BCUT2D eigenvalue weighted by molar-refractivity contribution is -0.0757. The van der Waals surface area contributed by atoms with Crippen LogP contribution >= 0.6 is 0 Å². The summed E-state index contributed by atoms with van der Waals surface area (Å²) in [5.74, 6) is 0.338. The van der Waals surface area contributed by atoms with E-state index < -0.39 is 5.72 Å². The zero-order valence-electron chi connectivity index (χ0n) is 12.5. The maximum Gasteiger partial charge on any atom is 0.116 e. The second-order valence-electron chi connectivity index (χ2n) is 7.07. The highest BCUT2D eigenvalue weighted by molar-refractivity contribution is 4.82. The van der Waals surface area contributed by atoms with Gasteiger partial charge in [-0.05, 0) is 30.1 Å². The second kappa shape index (κ2) is 5.05. The average molecular weight is 229 g/mol. The Labute approximate surface area is 102 Å². The van der Waals surface area contributed by atoms with Crippen molar-refractivity contribution in [2.45, 2.75) is 67.5 Å². The Morgan fingerprint density at radius 3 is 1.75 bits per heavy atom. The van der Waals surface area contributed by atoms with Gasteiger partial charge in [-0.2, -0.15) is 0 Å². The molecule has 0 aromatic heterocycles. The van der Waals surface area contributed by atoms with E-state index in [9.17, 15) is 0 Å². The Hall–Kier alpha value is -0.0800. The van der Waals surface area contributed by atoms with Crippen LogP contribution in [0.4, 0.5) is 0 Å². The molecular weight excluding hydrogens is 198 g/mol. The zero-order chi connectivity index (χ0) is 13.2. The molecule has 2 heteroatoms. The standard InChI is InChI=1S/C14H31NO/c1-11(2)14(8,15)16-10-9-13(6,7)12(3,4)5/h11H,9-10,15H2,1-8H3. The molecule has 1 atom stereocenters. The van der Waals surface area contributed by atoms with Crippen LogP contribution in [0.5, 0.6) is 0 Å². The molecule has 0 aliphatic rings. The lowest BCUT2D eigenvalue weighted by Crippen LogP contribution is -2.45. The summed E-state index contributed by atoms with van der Waals surface area (Å²) in [6.45, 7) is 18.3. The van der Waals surface area contributed by atoms with Gasteiger partial charge < -0.3 is 10.5 Å². The van der Waals surface area contributed by atoms with Crippen molar-refractivity contribution in [1.82, 2.24) is 0 Å². The van der Waals surface area contributed by atoms with Crippen LogP contribution in [0.1, 0.15) is 61.8 Å². The van der Waals surface area contributed by atoms with Crippen molar-refractivity contribution in [3.63, 3.8) is 0 Å². The average Bonchev–Trinajstić information content (AvgIpc) is 2.00. The minimum absolute atomic E-state index is 0.264. The van der Waals surface area contributed by atoms with E-state index >= 15 is 0 Å². The number of hydrogen-bond donors (Lipinski definition) is 1. The van der Waals surface area contributed by atoms with Gasteiger partial charge in [-0.3, -0.25) is 0 Å². The number of hydrogen-bond acceptors (Lipinski definition) is 2.